The Balaban J connectivity index is 5.53. The van der Waals surface area contributed by atoms with Crippen LogP contribution in [0.4, 0.5) is 0 Å². The van der Waals surface area contributed by atoms with E-state index in [2.05, 4.69) is 26.8 Å². The molecule has 0 aliphatic rings. The summed E-state index contributed by atoms with van der Waals surface area (Å²) >= 11 is 0. The second-order valence-electron chi connectivity index (χ2n) is 8.83. The van der Waals surface area contributed by atoms with Gasteiger partial charge in [-0.25, -0.2) is 0 Å². The number of carbonyl (C=O) groups excluding carboxylic acids is 2. The molecule has 2 amide bonds. The average molecular weight is 459 g/mol. The van der Waals surface area contributed by atoms with Gasteiger partial charge in [0.15, 0.2) is 0 Å². The monoisotopic (exact) mass is 458 g/mol. The smallest absolute Gasteiger partial charge is 0.226 e. The molecule has 0 aromatic carbocycles. The van der Waals surface area contributed by atoms with Gasteiger partial charge in [0, 0.05) is 32.6 Å². The molecule has 0 rings (SSSR count). The van der Waals surface area contributed by atoms with E-state index in [-0.39, 0.29) is 70.8 Å². The van der Waals surface area contributed by atoms with Crippen molar-refractivity contribution < 1.29 is 30.0 Å². The Labute approximate surface area is 193 Å². The van der Waals surface area contributed by atoms with Crippen molar-refractivity contribution in [1.29, 1.82) is 0 Å². The molecule has 8 heteroatoms. The first-order valence-electron chi connectivity index (χ1n) is 11.9. The molecule has 188 valence electrons. The Kier molecular flexibility index (Phi) is 17.2. The Morgan fingerprint density at radius 2 is 1.34 bits per heavy atom. The Morgan fingerprint density at radius 3 is 1.81 bits per heavy atom. The molecule has 0 aromatic rings. The first-order valence-corrected chi connectivity index (χ1v) is 11.9. The van der Waals surface area contributed by atoms with Crippen LogP contribution in [0.2, 0.25) is 0 Å². The number of rotatable bonds is 18. The molecular weight excluding hydrogens is 412 g/mol. The van der Waals surface area contributed by atoms with Crippen molar-refractivity contribution in [1.82, 2.24) is 9.80 Å². The zero-order valence-electron chi connectivity index (χ0n) is 20.5. The van der Waals surface area contributed by atoms with E-state index in [1.54, 1.807) is 0 Å². The van der Waals surface area contributed by atoms with Crippen molar-refractivity contribution in [3.63, 3.8) is 0 Å². The first kappa shape index (κ1) is 30.5. The fraction of sp³-hybridized carbons (Fsp3) is 0.833. The predicted molar refractivity (Wildman–Crippen MR) is 126 cm³/mol. The second-order valence-corrected chi connectivity index (χ2v) is 8.83. The lowest BCUT2D eigenvalue weighted by atomic mass is 9.89. The number of carbonyl (C=O) groups is 2. The van der Waals surface area contributed by atoms with E-state index >= 15 is 0 Å². The second kappa shape index (κ2) is 18.0. The van der Waals surface area contributed by atoms with Crippen LogP contribution in [0.5, 0.6) is 0 Å². The van der Waals surface area contributed by atoms with Gasteiger partial charge < -0.3 is 30.2 Å². The van der Waals surface area contributed by atoms with Gasteiger partial charge in [0.25, 0.3) is 0 Å². The third-order valence-corrected chi connectivity index (χ3v) is 5.61. The topological polar surface area (TPSA) is 122 Å². The van der Waals surface area contributed by atoms with Crippen molar-refractivity contribution in [2.45, 2.75) is 59.8 Å². The minimum atomic E-state index is -0.642. The van der Waals surface area contributed by atoms with E-state index in [0.717, 1.165) is 18.4 Å². The van der Waals surface area contributed by atoms with Crippen LogP contribution >= 0.6 is 0 Å². The van der Waals surface area contributed by atoms with Crippen LogP contribution in [0.3, 0.4) is 0 Å². The number of aliphatic hydroxyl groups is 4. The summed E-state index contributed by atoms with van der Waals surface area (Å²) in [6, 6.07) is 0. The predicted octanol–water partition coefficient (Wildman–Crippen LogP) is 1.42. The van der Waals surface area contributed by atoms with Crippen molar-refractivity contribution in [3.8, 4) is 0 Å². The highest BCUT2D eigenvalue weighted by Crippen LogP contribution is 2.24. The summed E-state index contributed by atoms with van der Waals surface area (Å²) in [5, 5.41) is 37.1. The summed E-state index contributed by atoms with van der Waals surface area (Å²) in [5.74, 6) is -0.259. The normalized spacial score (nSPS) is 14.7. The number of hydrogen-bond donors (Lipinski definition) is 4. The molecule has 0 saturated carbocycles. The van der Waals surface area contributed by atoms with E-state index in [0.29, 0.717) is 18.3 Å². The molecule has 0 aliphatic heterocycles. The minimum absolute atomic E-state index is 0.0576. The van der Waals surface area contributed by atoms with E-state index < -0.39 is 5.92 Å². The highest BCUT2D eigenvalue weighted by molar-refractivity contribution is 5.86. The molecule has 32 heavy (non-hydrogen) atoms. The van der Waals surface area contributed by atoms with Gasteiger partial charge in [-0.1, -0.05) is 45.3 Å². The van der Waals surface area contributed by atoms with Crippen LogP contribution < -0.4 is 0 Å². The van der Waals surface area contributed by atoms with E-state index in [1.807, 2.05) is 6.92 Å². The zero-order valence-corrected chi connectivity index (χ0v) is 20.5. The Hall–Kier alpha value is -1.48. The van der Waals surface area contributed by atoms with Gasteiger partial charge in [0.05, 0.1) is 32.3 Å². The van der Waals surface area contributed by atoms with Crippen LogP contribution in [0.25, 0.3) is 0 Å². The van der Waals surface area contributed by atoms with Crippen molar-refractivity contribution in [2.75, 3.05) is 52.6 Å². The molecule has 3 atom stereocenters. The molecule has 0 radical (unpaired) electrons. The molecule has 4 N–H and O–H groups in total. The lowest BCUT2D eigenvalue weighted by molar-refractivity contribution is -0.142. The largest absolute Gasteiger partial charge is 0.395 e. The van der Waals surface area contributed by atoms with Crippen LogP contribution in [0.1, 0.15) is 59.8 Å². The summed E-state index contributed by atoms with van der Waals surface area (Å²) in [7, 11) is 0. The molecular formula is C24H46N2O6. The van der Waals surface area contributed by atoms with E-state index in [9.17, 15) is 30.0 Å². The SMILES string of the molecule is CCCC(C)CC(C)/C=C(\C)CC(CC(=O)N(CCO)CCO)C(=O)N(CCO)CCO. The lowest BCUT2D eigenvalue weighted by Crippen LogP contribution is -2.43. The molecule has 0 saturated heterocycles. The molecule has 0 spiro atoms. The highest BCUT2D eigenvalue weighted by Gasteiger charge is 2.28. The summed E-state index contributed by atoms with van der Waals surface area (Å²) in [6.45, 7) is 8.02. The maximum atomic E-state index is 13.2. The average Bonchev–Trinajstić information content (AvgIpc) is 2.72. The first-order chi connectivity index (χ1) is 15.2. The maximum Gasteiger partial charge on any atom is 0.226 e. The Morgan fingerprint density at radius 1 is 0.844 bits per heavy atom. The van der Waals surface area contributed by atoms with Crippen LogP contribution in [0.15, 0.2) is 11.6 Å². The summed E-state index contributed by atoms with van der Waals surface area (Å²) in [5.41, 5.74) is 1.02. The summed E-state index contributed by atoms with van der Waals surface area (Å²) < 4.78 is 0. The minimum Gasteiger partial charge on any atom is -0.395 e. The maximum absolute atomic E-state index is 13.2. The lowest BCUT2D eigenvalue weighted by Gasteiger charge is -2.28. The standard InChI is InChI=1S/C24H46N2O6/c1-5-6-19(2)15-20(3)16-21(4)17-22(24(32)26(9-13-29)10-14-30)18-23(31)25(7-11-27)8-12-28/h16,19-20,22,27-30H,5-15,17-18H2,1-4H3/b21-16+. The third-order valence-electron chi connectivity index (χ3n) is 5.61. The van der Waals surface area contributed by atoms with Crippen molar-refractivity contribution in [3.05, 3.63) is 11.6 Å². The van der Waals surface area contributed by atoms with Gasteiger partial charge in [-0.2, -0.15) is 0 Å². The quantitative estimate of drug-likeness (QED) is 0.231. The van der Waals surface area contributed by atoms with Gasteiger partial charge in [-0.05, 0) is 31.6 Å². The van der Waals surface area contributed by atoms with Gasteiger partial charge >= 0.3 is 0 Å². The fourth-order valence-corrected chi connectivity index (χ4v) is 4.28. The van der Waals surface area contributed by atoms with Crippen molar-refractivity contribution >= 4 is 11.8 Å². The number of nitrogens with zero attached hydrogens (tertiary/aromatic N) is 2. The Bertz CT molecular complexity index is 543. The molecule has 0 aliphatic carbocycles. The third kappa shape index (κ3) is 12.5. The molecule has 0 bridgehead atoms. The van der Waals surface area contributed by atoms with Gasteiger partial charge in [0.1, 0.15) is 0 Å². The summed E-state index contributed by atoms with van der Waals surface area (Å²) in [6.07, 6.45) is 5.90. The number of allylic oxidation sites excluding steroid dienone is 2. The number of aliphatic hydroxyl groups excluding tert-OH is 4. The molecule has 3 unspecified atom stereocenters. The van der Waals surface area contributed by atoms with Gasteiger partial charge in [-0.15, -0.1) is 0 Å². The molecule has 0 heterocycles. The fourth-order valence-electron chi connectivity index (χ4n) is 4.28. The van der Waals surface area contributed by atoms with Crippen molar-refractivity contribution in [2.24, 2.45) is 17.8 Å². The van der Waals surface area contributed by atoms with Gasteiger partial charge in [-0.3, -0.25) is 9.59 Å². The van der Waals surface area contributed by atoms with E-state index in [4.69, 9.17) is 0 Å². The zero-order chi connectivity index (χ0) is 24.5. The van der Waals surface area contributed by atoms with E-state index in [1.165, 1.54) is 16.2 Å². The highest BCUT2D eigenvalue weighted by atomic mass is 16.3. The van der Waals surface area contributed by atoms with Crippen LogP contribution in [0, 0.1) is 17.8 Å². The molecule has 8 nitrogen and oxygen atoms in total. The number of hydrogen-bond acceptors (Lipinski definition) is 6. The summed E-state index contributed by atoms with van der Waals surface area (Å²) in [4.78, 5) is 28.7. The number of amides is 2. The van der Waals surface area contributed by atoms with Gasteiger partial charge in [0.2, 0.25) is 11.8 Å². The molecule has 0 fully saturated rings. The van der Waals surface area contributed by atoms with Crippen LogP contribution in [-0.4, -0.2) is 94.6 Å². The van der Waals surface area contributed by atoms with Crippen LogP contribution in [-0.2, 0) is 9.59 Å². The molecule has 0 aromatic heterocycles.